The third-order valence-corrected chi connectivity index (χ3v) is 3.03. The Labute approximate surface area is 78.6 Å². The number of allylic oxidation sites excluding steroid dienone is 2. The normalized spacial score (nSPS) is 56.7. The second-order valence-electron chi connectivity index (χ2n) is 3.46. The van der Waals surface area contributed by atoms with Gasteiger partial charge in [-0.15, -0.1) is 0 Å². The number of alkyl halides is 5. The highest BCUT2D eigenvalue weighted by Crippen LogP contribution is 2.50. The first kappa shape index (κ1) is 10.8. The van der Waals surface area contributed by atoms with Crippen molar-refractivity contribution < 1.29 is 17.6 Å². The summed E-state index contributed by atoms with van der Waals surface area (Å²) in [6.45, 7) is 1.42. The molecule has 5 heteroatoms. The molecule has 0 radical (unpaired) electrons. The predicted molar refractivity (Wildman–Crippen MR) is 42.8 cm³/mol. The van der Waals surface area contributed by atoms with Crippen molar-refractivity contribution in [3.05, 3.63) is 12.2 Å². The number of halogens is 5. The van der Waals surface area contributed by atoms with Crippen molar-refractivity contribution in [3.63, 3.8) is 0 Å². The molecule has 1 aliphatic carbocycles. The van der Waals surface area contributed by atoms with Gasteiger partial charge in [0.2, 0.25) is 0 Å². The molecule has 0 saturated carbocycles. The lowest BCUT2D eigenvalue weighted by atomic mass is 9.78. The lowest BCUT2D eigenvalue weighted by molar-refractivity contribution is -0.0928. The summed E-state index contributed by atoms with van der Waals surface area (Å²) in [5.74, 6) is 0. The van der Waals surface area contributed by atoms with Gasteiger partial charge >= 0.3 is 0 Å². The maximum atomic E-state index is 13.5. The van der Waals surface area contributed by atoms with Crippen molar-refractivity contribution in [2.45, 2.75) is 36.5 Å². The second-order valence-corrected chi connectivity index (χ2v) is 4.01. The average Bonchev–Trinajstić information content (AvgIpc) is 1.97. The van der Waals surface area contributed by atoms with E-state index in [4.69, 9.17) is 11.6 Å². The predicted octanol–water partition coefficient (Wildman–Crippen LogP) is 3.26. The van der Waals surface area contributed by atoms with Crippen LogP contribution in [0.4, 0.5) is 17.6 Å². The smallest absolute Gasteiger partial charge is 0.238 e. The molecule has 0 N–H and O–H groups in total. The fraction of sp³-hybridized carbons (Fsp3) is 0.750. The molecule has 0 bridgehead atoms. The molecule has 1 aliphatic rings. The van der Waals surface area contributed by atoms with Crippen LogP contribution in [0.25, 0.3) is 0 Å². The van der Waals surface area contributed by atoms with E-state index in [1.165, 1.54) is 0 Å². The number of rotatable bonds is 0. The van der Waals surface area contributed by atoms with E-state index in [0.29, 0.717) is 19.1 Å². The molecule has 4 atom stereocenters. The largest absolute Gasteiger partial charge is 0.254 e. The van der Waals surface area contributed by atoms with E-state index in [9.17, 15) is 17.6 Å². The zero-order valence-electron chi connectivity index (χ0n) is 7.12. The first-order valence-electron chi connectivity index (χ1n) is 3.72. The fourth-order valence-corrected chi connectivity index (χ4v) is 1.38. The fourth-order valence-electron chi connectivity index (χ4n) is 1.13. The molecule has 0 aromatic heterocycles. The molecule has 0 amide bonds. The van der Waals surface area contributed by atoms with Crippen molar-refractivity contribution in [3.8, 4) is 0 Å². The van der Waals surface area contributed by atoms with Crippen LogP contribution in [0.5, 0.6) is 0 Å². The van der Waals surface area contributed by atoms with Crippen LogP contribution in [0.3, 0.4) is 0 Å². The third-order valence-electron chi connectivity index (χ3n) is 2.47. The summed E-state index contributed by atoms with van der Waals surface area (Å²) < 4.78 is 52.9. The molecule has 0 fully saturated rings. The van der Waals surface area contributed by atoms with Crippen molar-refractivity contribution in [2.24, 2.45) is 0 Å². The standard InChI is InChI=1S/C8H9ClF4/c1-6(11)4-3-5(10)8(9,13)7(6,2)12/h3-5H,1-2H3. The molecule has 0 saturated heterocycles. The molecule has 0 nitrogen and oxygen atoms in total. The Morgan fingerprint density at radius 1 is 1.23 bits per heavy atom. The van der Waals surface area contributed by atoms with E-state index < -0.39 is 22.6 Å². The second kappa shape index (κ2) is 2.62. The first-order valence-corrected chi connectivity index (χ1v) is 4.10. The molecular formula is C8H9ClF4. The quantitative estimate of drug-likeness (QED) is 0.331. The lowest BCUT2D eigenvalue weighted by Gasteiger charge is -2.42. The van der Waals surface area contributed by atoms with E-state index in [1.54, 1.807) is 0 Å². The summed E-state index contributed by atoms with van der Waals surface area (Å²) in [6.07, 6.45) is -1.10. The first-order chi connectivity index (χ1) is 5.63. The molecular weight excluding hydrogens is 208 g/mol. The average molecular weight is 217 g/mol. The van der Waals surface area contributed by atoms with Gasteiger partial charge in [-0.2, -0.15) is 0 Å². The summed E-state index contributed by atoms with van der Waals surface area (Å²) >= 11 is 4.99. The van der Waals surface area contributed by atoms with Gasteiger partial charge in [-0.05, 0) is 26.0 Å². The molecule has 1 rings (SSSR count). The third kappa shape index (κ3) is 1.26. The van der Waals surface area contributed by atoms with Crippen LogP contribution in [0.2, 0.25) is 0 Å². The number of hydrogen-bond donors (Lipinski definition) is 0. The Balaban J connectivity index is 3.22. The molecule has 76 valence electrons. The SMILES string of the molecule is CC1(F)C=CC(F)C(F)(Cl)C1(C)F. The van der Waals surface area contributed by atoms with Gasteiger partial charge in [-0.3, -0.25) is 0 Å². The van der Waals surface area contributed by atoms with Gasteiger partial charge in [0.1, 0.15) is 0 Å². The van der Waals surface area contributed by atoms with E-state index in [0.717, 1.165) is 6.92 Å². The van der Waals surface area contributed by atoms with E-state index >= 15 is 0 Å². The highest BCUT2D eigenvalue weighted by atomic mass is 35.5. The summed E-state index contributed by atoms with van der Waals surface area (Å²) in [5.41, 5.74) is -5.69. The number of hydrogen-bond acceptors (Lipinski definition) is 0. The van der Waals surface area contributed by atoms with E-state index in [1.807, 2.05) is 0 Å². The zero-order valence-corrected chi connectivity index (χ0v) is 7.88. The van der Waals surface area contributed by atoms with Crippen LogP contribution in [0, 0.1) is 0 Å². The highest BCUT2D eigenvalue weighted by molar-refractivity contribution is 6.24. The van der Waals surface area contributed by atoms with Crippen LogP contribution in [0.1, 0.15) is 13.8 Å². The zero-order chi connectivity index (χ0) is 10.5. The van der Waals surface area contributed by atoms with Gasteiger partial charge in [-0.1, -0.05) is 11.6 Å². The molecule has 0 aromatic rings. The minimum Gasteiger partial charge on any atom is -0.238 e. The van der Waals surface area contributed by atoms with Gasteiger partial charge in [0.05, 0.1) is 0 Å². The maximum absolute atomic E-state index is 13.5. The Hall–Kier alpha value is -0.250. The molecule has 13 heavy (non-hydrogen) atoms. The Morgan fingerprint density at radius 2 is 1.69 bits per heavy atom. The minimum absolute atomic E-state index is 0.592. The van der Waals surface area contributed by atoms with Gasteiger partial charge in [0.25, 0.3) is 5.13 Å². The van der Waals surface area contributed by atoms with Gasteiger partial charge in [-0.25, -0.2) is 17.6 Å². The van der Waals surface area contributed by atoms with Crippen LogP contribution in [-0.2, 0) is 0 Å². The van der Waals surface area contributed by atoms with Crippen molar-refractivity contribution in [1.29, 1.82) is 0 Å². The molecule has 0 aliphatic heterocycles. The molecule has 0 spiro atoms. The molecule has 0 heterocycles. The van der Waals surface area contributed by atoms with E-state index in [2.05, 4.69) is 0 Å². The van der Waals surface area contributed by atoms with E-state index in [-0.39, 0.29) is 0 Å². The van der Waals surface area contributed by atoms with Crippen molar-refractivity contribution in [2.75, 3.05) is 0 Å². The van der Waals surface area contributed by atoms with Crippen LogP contribution in [0.15, 0.2) is 12.2 Å². The maximum Gasteiger partial charge on any atom is 0.254 e. The van der Waals surface area contributed by atoms with Crippen molar-refractivity contribution >= 4 is 11.6 Å². The van der Waals surface area contributed by atoms with Gasteiger partial charge in [0, 0.05) is 0 Å². The van der Waals surface area contributed by atoms with Gasteiger partial charge < -0.3 is 0 Å². The Bertz CT molecular complexity index is 245. The van der Waals surface area contributed by atoms with Gasteiger partial charge in [0.15, 0.2) is 17.5 Å². The molecule has 4 unspecified atom stereocenters. The Morgan fingerprint density at radius 3 is 2.08 bits per heavy atom. The monoisotopic (exact) mass is 216 g/mol. The summed E-state index contributed by atoms with van der Waals surface area (Å²) in [6, 6.07) is 0. The van der Waals surface area contributed by atoms with Crippen molar-refractivity contribution in [1.82, 2.24) is 0 Å². The minimum atomic E-state index is -3.36. The Kier molecular flexibility index (Phi) is 2.19. The highest BCUT2D eigenvalue weighted by Gasteiger charge is 2.65. The summed E-state index contributed by atoms with van der Waals surface area (Å²) in [4.78, 5) is 0. The lowest BCUT2D eigenvalue weighted by Crippen LogP contribution is -2.60. The van der Waals surface area contributed by atoms with Crippen LogP contribution in [-0.4, -0.2) is 22.6 Å². The summed E-state index contributed by atoms with van der Waals surface area (Å²) in [7, 11) is 0. The topological polar surface area (TPSA) is 0 Å². The summed E-state index contributed by atoms with van der Waals surface area (Å²) in [5, 5.41) is -3.36. The van der Waals surface area contributed by atoms with Crippen LogP contribution < -0.4 is 0 Å². The molecule has 0 aromatic carbocycles. The van der Waals surface area contributed by atoms with Crippen LogP contribution >= 0.6 is 11.6 Å².